The molecule has 1 aromatic heterocycles. The Hall–Kier alpha value is -1.57. The Morgan fingerprint density at radius 1 is 1.20 bits per heavy atom. The van der Waals surface area contributed by atoms with E-state index in [0.717, 1.165) is 4.90 Å². The van der Waals surface area contributed by atoms with Gasteiger partial charge in [0, 0.05) is 16.8 Å². The number of benzene rings is 1. The summed E-state index contributed by atoms with van der Waals surface area (Å²) >= 11 is 1.58. The fourth-order valence-electron chi connectivity index (χ4n) is 1.53. The molecule has 0 aliphatic heterocycles. The van der Waals surface area contributed by atoms with E-state index >= 15 is 0 Å². The smallest absolute Gasteiger partial charge is 0.279 e. The predicted molar refractivity (Wildman–Crippen MR) is 79.2 cm³/mol. The fraction of sp³-hybridized carbons (Fsp3) is 0.154. The van der Waals surface area contributed by atoms with Crippen LogP contribution in [0.1, 0.15) is 5.56 Å². The van der Waals surface area contributed by atoms with Gasteiger partial charge in [-0.25, -0.2) is 4.98 Å². The third-order valence-electron chi connectivity index (χ3n) is 2.60. The summed E-state index contributed by atoms with van der Waals surface area (Å²) in [7, 11) is -3.71. The predicted octanol–water partition coefficient (Wildman–Crippen LogP) is 2.10. The van der Waals surface area contributed by atoms with Crippen molar-refractivity contribution in [3.8, 4) is 0 Å². The Morgan fingerprint density at radius 3 is 2.40 bits per heavy atom. The number of anilines is 1. The van der Waals surface area contributed by atoms with E-state index in [-0.39, 0.29) is 11.6 Å². The van der Waals surface area contributed by atoms with Crippen molar-refractivity contribution in [3.63, 3.8) is 0 Å². The van der Waals surface area contributed by atoms with Crippen molar-refractivity contribution in [2.45, 2.75) is 16.5 Å². The van der Waals surface area contributed by atoms with Gasteiger partial charge in [0.15, 0.2) is 5.03 Å². The molecule has 1 heterocycles. The van der Waals surface area contributed by atoms with Crippen LogP contribution >= 0.6 is 11.8 Å². The van der Waals surface area contributed by atoms with Crippen LogP contribution in [-0.4, -0.2) is 24.8 Å². The highest BCUT2D eigenvalue weighted by Crippen LogP contribution is 2.19. The molecule has 2 N–H and O–H groups in total. The zero-order valence-electron chi connectivity index (χ0n) is 10.8. The number of rotatable bonds is 5. The van der Waals surface area contributed by atoms with Gasteiger partial charge in [-0.2, -0.15) is 8.42 Å². The summed E-state index contributed by atoms with van der Waals surface area (Å²) in [6.07, 6.45) is 3.29. The number of nitrogens with zero attached hydrogens (tertiary/aromatic N) is 1. The molecule has 0 radical (unpaired) electrons. The Balaban J connectivity index is 2.20. The number of aliphatic hydroxyl groups is 1. The summed E-state index contributed by atoms with van der Waals surface area (Å²) in [6, 6.07) is 9.97. The highest BCUT2D eigenvalue weighted by Gasteiger charge is 2.15. The van der Waals surface area contributed by atoms with Crippen molar-refractivity contribution in [3.05, 3.63) is 48.2 Å². The summed E-state index contributed by atoms with van der Waals surface area (Å²) in [6.45, 7) is -0.170. The van der Waals surface area contributed by atoms with Gasteiger partial charge in [-0.1, -0.05) is 6.07 Å². The molecule has 0 aliphatic rings. The standard InChI is InChI=1S/C13H14N2O3S2/c1-19-12-5-3-11(4-6-12)15-20(17,18)13-7-2-10(9-16)8-14-13/h2-8,15-16H,9H2,1H3. The summed E-state index contributed by atoms with van der Waals surface area (Å²) in [5.74, 6) is 0. The van der Waals surface area contributed by atoms with E-state index in [0.29, 0.717) is 11.3 Å². The lowest BCUT2D eigenvalue weighted by molar-refractivity contribution is 0.281. The van der Waals surface area contributed by atoms with E-state index < -0.39 is 10.0 Å². The van der Waals surface area contributed by atoms with Crippen molar-refractivity contribution >= 4 is 27.5 Å². The maximum absolute atomic E-state index is 12.1. The molecule has 106 valence electrons. The van der Waals surface area contributed by atoms with Gasteiger partial charge in [0.1, 0.15) is 0 Å². The van der Waals surface area contributed by atoms with Gasteiger partial charge in [0.2, 0.25) is 0 Å². The number of aromatic nitrogens is 1. The van der Waals surface area contributed by atoms with E-state index in [1.54, 1.807) is 23.9 Å². The molecule has 0 atom stereocenters. The monoisotopic (exact) mass is 310 g/mol. The Morgan fingerprint density at radius 2 is 1.90 bits per heavy atom. The molecule has 20 heavy (non-hydrogen) atoms. The van der Waals surface area contributed by atoms with Gasteiger partial charge in [-0.05, 0) is 42.2 Å². The van der Waals surface area contributed by atoms with E-state index in [9.17, 15) is 8.42 Å². The van der Waals surface area contributed by atoms with Gasteiger partial charge in [-0.3, -0.25) is 4.72 Å². The molecule has 2 aromatic rings. The lowest BCUT2D eigenvalue weighted by Crippen LogP contribution is -2.14. The van der Waals surface area contributed by atoms with Crippen molar-refractivity contribution in [1.29, 1.82) is 0 Å². The first-order valence-electron chi connectivity index (χ1n) is 5.78. The zero-order valence-corrected chi connectivity index (χ0v) is 12.4. The first kappa shape index (κ1) is 14.8. The highest BCUT2D eigenvalue weighted by molar-refractivity contribution is 7.98. The second-order valence-corrected chi connectivity index (χ2v) is 6.51. The van der Waals surface area contributed by atoms with Crippen LogP contribution in [0.3, 0.4) is 0 Å². The minimum Gasteiger partial charge on any atom is -0.392 e. The van der Waals surface area contributed by atoms with Gasteiger partial charge in [-0.15, -0.1) is 11.8 Å². The van der Waals surface area contributed by atoms with Crippen molar-refractivity contribution in [2.24, 2.45) is 0 Å². The Labute approximate surface area is 122 Å². The molecular formula is C13H14N2O3S2. The molecular weight excluding hydrogens is 296 g/mol. The average molecular weight is 310 g/mol. The molecule has 5 nitrogen and oxygen atoms in total. The second kappa shape index (κ2) is 6.25. The van der Waals surface area contributed by atoms with Crippen LogP contribution in [0.15, 0.2) is 52.5 Å². The summed E-state index contributed by atoms with van der Waals surface area (Å²) in [4.78, 5) is 4.89. The number of hydrogen-bond donors (Lipinski definition) is 2. The van der Waals surface area contributed by atoms with E-state index in [4.69, 9.17) is 5.11 Å². The van der Waals surface area contributed by atoms with Gasteiger partial charge in [0.25, 0.3) is 10.0 Å². The van der Waals surface area contributed by atoms with Crippen LogP contribution in [0.4, 0.5) is 5.69 Å². The van der Waals surface area contributed by atoms with Gasteiger partial charge in [0.05, 0.1) is 6.61 Å². The SMILES string of the molecule is CSc1ccc(NS(=O)(=O)c2ccc(CO)cn2)cc1. The quantitative estimate of drug-likeness (QED) is 0.827. The van der Waals surface area contributed by atoms with Gasteiger partial charge >= 0.3 is 0 Å². The third-order valence-corrected chi connectivity index (χ3v) is 4.64. The lowest BCUT2D eigenvalue weighted by atomic mass is 10.3. The molecule has 0 aliphatic carbocycles. The number of hydrogen-bond acceptors (Lipinski definition) is 5. The number of nitrogens with one attached hydrogen (secondary N) is 1. The first-order chi connectivity index (χ1) is 9.55. The first-order valence-corrected chi connectivity index (χ1v) is 8.48. The van der Waals surface area contributed by atoms with Crippen LogP contribution in [0.2, 0.25) is 0 Å². The normalized spacial score (nSPS) is 11.3. The van der Waals surface area contributed by atoms with Gasteiger partial charge < -0.3 is 5.11 Å². The number of sulfonamides is 1. The van der Waals surface area contributed by atoms with E-state index in [1.807, 2.05) is 18.4 Å². The minimum absolute atomic E-state index is 0.0800. The van der Waals surface area contributed by atoms with E-state index in [2.05, 4.69) is 9.71 Å². The zero-order chi connectivity index (χ0) is 14.6. The summed E-state index contributed by atoms with van der Waals surface area (Å²) in [5.41, 5.74) is 1.05. The number of thioether (sulfide) groups is 1. The Kier molecular flexibility index (Phi) is 4.64. The average Bonchev–Trinajstić information content (AvgIpc) is 2.48. The maximum Gasteiger partial charge on any atom is 0.279 e. The molecule has 2 rings (SSSR count). The minimum atomic E-state index is -3.71. The molecule has 1 aromatic carbocycles. The molecule has 0 unspecified atom stereocenters. The molecule has 0 amide bonds. The third kappa shape index (κ3) is 3.50. The van der Waals surface area contributed by atoms with Crippen LogP contribution < -0.4 is 4.72 Å². The van der Waals surface area contributed by atoms with Crippen LogP contribution in [0.5, 0.6) is 0 Å². The van der Waals surface area contributed by atoms with Crippen molar-refractivity contribution < 1.29 is 13.5 Å². The molecule has 0 bridgehead atoms. The summed E-state index contributed by atoms with van der Waals surface area (Å²) in [5, 5.41) is 8.83. The highest BCUT2D eigenvalue weighted by atomic mass is 32.2. The fourth-order valence-corrected chi connectivity index (χ4v) is 2.93. The largest absolute Gasteiger partial charge is 0.392 e. The number of aliphatic hydroxyl groups excluding tert-OH is 1. The number of pyridine rings is 1. The Bertz CT molecular complexity index is 668. The summed E-state index contributed by atoms with van der Waals surface area (Å²) < 4.78 is 26.7. The van der Waals surface area contributed by atoms with Crippen molar-refractivity contribution in [1.82, 2.24) is 4.98 Å². The van der Waals surface area contributed by atoms with Crippen LogP contribution in [0, 0.1) is 0 Å². The lowest BCUT2D eigenvalue weighted by Gasteiger charge is -2.08. The van der Waals surface area contributed by atoms with Crippen LogP contribution in [-0.2, 0) is 16.6 Å². The molecule has 0 saturated carbocycles. The maximum atomic E-state index is 12.1. The molecule has 0 saturated heterocycles. The molecule has 7 heteroatoms. The second-order valence-electron chi connectivity index (χ2n) is 4.00. The van der Waals surface area contributed by atoms with Crippen molar-refractivity contribution in [2.75, 3.05) is 11.0 Å². The van der Waals surface area contributed by atoms with Crippen LogP contribution in [0.25, 0.3) is 0 Å². The topological polar surface area (TPSA) is 79.3 Å². The molecule has 0 spiro atoms. The van der Waals surface area contributed by atoms with E-state index in [1.165, 1.54) is 18.3 Å². The molecule has 0 fully saturated rings.